The van der Waals surface area contributed by atoms with Crippen LogP contribution in [-0.2, 0) is 0 Å². The van der Waals surface area contributed by atoms with Gasteiger partial charge in [-0.05, 0) is 42.9 Å². The van der Waals surface area contributed by atoms with Gasteiger partial charge in [-0.3, -0.25) is 4.79 Å². The molecule has 0 spiro atoms. The van der Waals surface area contributed by atoms with E-state index in [1.807, 2.05) is 0 Å². The Kier molecular flexibility index (Phi) is 3.52. The Labute approximate surface area is 105 Å². The van der Waals surface area contributed by atoms with Crippen LogP contribution in [0, 0.1) is 11.2 Å². The molecule has 0 atom stereocenters. The number of hydrogen-bond donors (Lipinski definition) is 3. The third-order valence-corrected chi connectivity index (χ3v) is 3.48. The molecule has 1 aliphatic rings. The van der Waals surface area contributed by atoms with Crippen LogP contribution in [0.5, 0.6) is 0 Å². The van der Waals surface area contributed by atoms with Crippen molar-refractivity contribution in [3.05, 3.63) is 29.6 Å². The van der Waals surface area contributed by atoms with Crippen molar-refractivity contribution in [3.63, 3.8) is 0 Å². The van der Waals surface area contributed by atoms with Crippen LogP contribution in [0.1, 0.15) is 29.6 Å². The molecule has 0 radical (unpaired) electrons. The van der Waals surface area contributed by atoms with Gasteiger partial charge in [0.2, 0.25) is 0 Å². The van der Waals surface area contributed by atoms with Crippen molar-refractivity contribution in [3.8, 4) is 0 Å². The normalized spacial score (nSPS) is 16.3. The minimum absolute atomic E-state index is 0.0548. The van der Waals surface area contributed by atoms with Gasteiger partial charge in [0.1, 0.15) is 5.82 Å². The van der Waals surface area contributed by atoms with E-state index >= 15 is 0 Å². The van der Waals surface area contributed by atoms with E-state index < -0.39 is 5.82 Å². The number of nitrogens with one attached hydrogen (secondary N) is 1. The lowest BCUT2D eigenvalue weighted by atomic mass is 10.0. The van der Waals surface area contributed by atoms with Crippen LogP contribution in [0.3, 0.4) is 0 Å². The monoisotopic (exact) mass is 252 g/mol. The molecule has 18 heavy (non-hydrogen) atoms. The first-order chi connectivity index (χ1) is 8.56. The SMILES string of the molecule is Nc1cc(F)ccc1C(=O)NCC1(CCO)CC1. The van der Waals surface area contributed by atoms with E-state index in [0.29, 0.717) is 13.0 Å². The third kappa shape index (κ3) is 2.79. The first-order valence-electron chi connectivity index (χ1n) is 6.00. The van der Waals surface area contributed by atoms with Gasteiger partial charge in [-0.1, -0.05) is 0 Å². The number of carbonyl (C=O) groups excluding carboxylic acids is 1. The summed E-state index contributed by atoms with van der Waals surface area (Å²) in [4.78, 5) is 11.9. The lowest BCUT2D eigenvalue weighted by molar-refractivity contribution is 0.0941. The van der Waals surface area contributed by atoms with Crippen molar-refractivity contribution >= 4 is 11.6 Å². The molecule has 0 saturated heterocycles. The number of amides is 1. The minimum Gasteiger partial charge on any atom is -0.398 e. The predicted molar refractivity (Wildman–Crippen MR) is 66.5 cm³/mol. The van der Waals surface area contributed by atoms with Gasteiger partial charge in [-0.2, -0.15) is 0 Å². The lowest BCUT2D eigenvalue weighted by Crippen LogP contribution is -2.31. The molecule has 0 heterocycles. The Hall–Kier alpha value is -1.62. The Morgan fingerprint density at radius 3 is 2.78 bits per heavy atom. The zero-order valence-electron chi connectivity index (χ0n) is 10.1. The van der Waals surface area contributed by atoms with Crippen LogP contribution in [0.15, 0.2) is 18.2 Å². The summed E-state index contributed by atoms with van der Waals surface area (Å²) in [5.74, 6) is -0.750. The smallest absolute Gasteiger partial charge is 0.253 e. The molecule has 98 valence electrons. The van der Waals surface area contributed by atoms with Gasteiger partial charge in [0, 0.05) is 18.8 Å². The Morgan fingerprint density at radius 1 is 1.50 bits per heavy atom. The number of carbonyl (C=O) groups is 1. The molecule has 0 bridgehead atoms. The van der Waals surface area contributed by atoms with E-state index in [1.165, 1.54) is 12.1 Å². The van der Waals surface area contributed by atoms with Crippen molar-refractivity contribution in [2.45, 2.75) is 19.3 Å². The van der Waals surface area contributed by atoms with Crippen molar-refractivity contribution in [1.29, 1.82) is 0 Å². The highest BCUT2D eigenvalue weighted by molar-refractivity contribution is 5.99. The average molecular weight is 252 g/mol. The minimum atomic E-state index is -0.456. The summed E-state index contributed by atoms with van der Waals surface area (Å²) >= 11 is 0. The Bertz CT molecular complexity index is 458. The van der Waals surface area contributed by atoms with E-state index in [9.17, 15) is 9.18 Å². The Morgan fingerprint density at radius 2 is 2.22 bits per heavy atom. The molecule has 5 heteroatoms. The topological polar surface area (TPSA) is 75.4 Å². The molecule has 0 unspecified atom stereocenters. The highest BCUT2D eigenvalue weighted by Gasteiger charge is 2.41. The van der Waals surface area contributed by atoms with E-state index in [-0.39, 0.29) is 29.2 Å². The van der Waals surface area contributed by atoms with Crippen LogP contribution in [0.2, 0.25) is 0 Å². The molecule has 4 nitrogen and oxygen atoms in total. The van der Waals surface area contributed by atoms with Gasteiger partial charge in [0.15, 0.2) is 0 Å². The van der Waals surface area contributed by atoms with E-state index in [0.717, 1.165) is 18.9 Å². The number of aliphatic hydroxyl groups excluding tert-OH is 1. The maximum absolute atomic E-state index is 12.9. The number of anilines is 1. The Balaban J connectivity index is 1.96. The molecule has 1 amide bonds. The van der Waals surface area contributed by atoms with Gasteiger partial charge in [0.05, 0.1) is 5.56 Å². The summed E-state index contributed by atoms with van der Waals surface area (Å²) in [6.07, 6.45) is 2.74. The van der Waals surface area contributed by atoms with Crippen LogP contribution in [-0.4, -0.2) is 24.2 Å². The highest BCUT2D eigenvalue weighted by Crippen LogP contribution is 2.47. The van der Waals surface area contributed by atoms with Crippen LogP contribution >= 0.6 is 0 Å². The molecule has 4 N–H and O–H groups in total. The third-order valence-electron chi connectivity index (χ3n) is 3.48. The summed E-state index contributed by atoms with van der Waals surface area (Å²) in [5.41, 5.74) is 6.08. The summed E-state index contributed by atoms with van der Waals surface area (Å²) < 4.78 is 12.9. The molecule has 2 rings (SSSR count). The quantitative estimate of drug-likeness (QED) is 0.691. The standard InChI is InChI=1S/C13H17FN2O2/c14-9-1-2-10(11(15)7-9)12(18)16-8-13(3-4-13)5-6-17/h1-2,7,17H,3-6,8,15H2,(H,16,18). The first-order valence-corrected chi connectivity index (χ1v) is 6.00. The number of nitrogen functional groups attached to an aromatic ring is 1. The second-order valence-corrected chi connectivity index (χ2v) is 4.89. The fourth-order valence-electron chi connectivity index (χ4n) is 2.03. The number of benzene rings is 1. The van der Waals surface area contributed by atoms with Crippen molar-refractivity contribution in [2.75, 3.05) is 18.9 Å². The lowest BCUT2D eigenvalue weighted by Gasteiger charge is -2.15. The van der Waals surface area contributed by atoms with Crippen LogP contribution in [0.4, 0.5) is 10.1 Å². The van der Waals surface area contributed by atoms with Gasteiger partial charge >= 0.3 is 0 Å². The van der Waals surface area contributed by atoms with E-state index in [2.05, 4.69) is 5.32 Å². The summed E-state index contributed by atoms with van der Waals surface area (Å²) in [6.45, 7) is 0.664. The molecule has 0 aromatic heterocycles. The molecule has 1 aromatic rings. The second kappa shape index (κ2) is 4.94. The molecule has 1 aliphatic carbocycles. The molecule has 0 aliphatic heterocycles. The van der Waals surface area contributed by atoms with Gasteiger partial charge < -0.3 is 16.2 Å². The predicted octanol–water partition coefficient (Wildman–Crippen LogP) is 1.30. The maximum Gasteiger partial charge on any atom is 0.253 e. The van der Waals surface area contributed by atoms with Crippen LogP contribution < -0.4 is 11.1 Å². The van der Waals surface area contributed by atoms with Gasteiger partial charge in [-0.15, -0.1) is 0 Å². The number of nitrogens with two attached hydrogens (primary N) is 1. The zero-order chi connectivity index (χ0) is 13.2. The fraction of sp³-hybridized carbons (Fsp3) is 0.462. The summed E-state index contributed by atoms with van der Waals surface area (Å²) in [7, 11) is 0. The molecule has 1 saturated carbocycles. The second-order valence-electron chi connectivity index (χ2n) is 4.89. The van der Waals surface area contributed by atoms with Gasteiger partial charge in [-0.25, -0.2) is 4.39 Å². The molecule has 1 aromatic carbocycles. The fourth-order valence-corrected chi connectivity index (χ4v) is 2.03. The summed E-state index contributed by atoms with van der Waals surface area (Å²) in [5, 5.41) is 11.7. The molecular formula is C13H17FN2O2. The van der Waals surface area contributed by atoms with Crippen molar-refractivity contribution < 1.29 is 14.3 Å². The summed E-state index contributed by atoms with van der Waals surface area (Å²) in [6, 6.07) is 3.73. The highest BCUT2D eigenvalue weighted by atomic mass is 19.1. The number of hydrogen-bond acceptors (Lipinski definition) is 3. The van der Waals surface area contributed by atoms with E-state index in [1.54, 1.807) is 0 Å². The average Bonchev–Trinajstić information content (AvgIpc) is 3.07. The molecular weight excluding hydrogens is 235 g/mol. The zero-order valence-corrected chi connectivity index (χ0v) is 10.1. The van der Waals surface area contributed by atoms with E-state index in [4.69, 9.17) is 10.8 Å². The molecule has 1 fully saturated rings. The van der Waals surface area contributed by atoms with Crippen molar-refractivity contribution in [1.82, 2.24) is 5.32 Å². The number of aliphatic hydroxyl groups is 1. The van der Waals surface area contributed by atoms with Crippen molar-refractivity contribution in [2.24, 2.45) is 5.41 Å². The van der Waals surface area contributed by atoms with Crippen LogP contribution in [0.25, 0.3) is 0 Å². The number of halogens is 1. The van der Waals surface area contributed by atoms with Gasteiger partial charge in [0.25, 0.3) is 5.91 Å². The first kappa shape index (κ1) is 12.8. The largest absolute Gasteiger partial charge is 0.398 e. The maximum atomic E-state index is 12.9. The number of rotatable bonds is 5.